The molecule has 0 aliphatic heterocycles. The van der Waals surface area contributed by atoms with Crippen molar-refractivity contribution in [2.75, 3.05) is 14.2 Å². The molecule has 1 aromatic carbocycles. The van der Waals surface area contributed by atoms with E-state index in [-0.39, 0.29) is 11.9 Å². The molecule has 0 spiro atoms. The summed E-state index contributed by atoms with van der Waals surface area (Å²) in [4.78, 5) is 12.2. The van der Waals surface area contributed by atoms with Crippen LogP contribution < -0.4 is 14.8 Å². The zero-order valence-corrected chi connectivity index (χ0v) is 12.3. The van der Waals surface area contributed by atoms with Crippen LogP contribution in [0.3, 0.4) is 0 Å². The quantitative estimate of drug-likeness (QED) is 0.860. The highest BCUT2D eigenvalue weighted by molar-refractivity contribution is 5.95. The number of carbonyl (C=O) groups excluding carboxylic acids is 1. The lowest BCUT2D eigenvalue weighted by Gasteiger charge is -2.16. The van der Waals surface area contributed by atoms with Crippen molar-refractivity contribution >= 4 is 5.91 Å². The maximum Gasteiger partial charge on any atom is 0.251 e. The van der Waals surface area contributed by atoms with Gasteiger partial charge in [-0.05, 0) is 31.4 Å². The molecule has 0 aromatic heterocycles. The SMILES string of the molecule is COc1cc(OC)cc(C(=O)N[C@H](C)CC(C)C)c1. The van der Waals surface area contributed by atoms with Crippen molar-refractivity contribution in [1.29, 1.82) is 0 Å². The Bertz CT molecular complexity index is 407. The van der Waals surface area contributed by atoms with E-state index < -0.39 is 0 Å². The number of carbonyl (C=O) groups is 1. The summed E-state index contributed by atoms with van der Waals surface area (Å²) in [5, 5.41) is 2.98. The Balaban J connectivity index is 2.81. The molecule has 0 unspecified atom stereocenters. The maximum atomic E-state index is 12.2. The molecule has 4 heteroatoms. The van der Waals surface area contributed by atoms with E-state index in [1.165, 1.54) is 0 Å². The van der Waals surface area contributed by atoms with Crippen LogP contribution in [-0.4, -0.2) is 26.2 Å². The van der Waals surface area contributed by atoms with Gasteiger partial charge < -0.3 is 14.8 Å². The largest absolute Gasteiger partial charge is 0.497 e. The monoisotopic (exact) mass is 265 g/mol. The highest BCUT2D eigenvalue weighted by atomic mass is 16.5. The molecule has 0 aliphatic carbocycles. The molecule has 1 aromatic rings. The van der Waals surface area contributed by atoms with Crippen LogP contribution in [0.25, 0.3) is 0 Å². The molecule has 0 radical (unpaired) electrons. The second kappa shape index (κ2) is 7.02. The average molecular weight is 265 g/mol. The van der Waals surface area contributed by atoms with Gasteiger partial charge in [-0.25, -0.2) is 0 Å². The first-order chi connectivity index (χ1) is 8.96. The van der Waals surface area contributed by atoms with Gasteiger partial charge in [0.05, 0.1) is 14.2 Å². The Kier molecular flexibility index (Phi) is 5.67. The van der Waals surface area contributed by atoms with Gasteiger partial charge in [0.1, 0.15) is 11.5 Å². The topological polar surface area (TPSA) is 47.6 Å². The summed E-state index contributed by atoms with van der Waals surface area (Å²) in [6.07, 6.45) is 0.951. The van der Waals surface area contributed by atoms with Crippen LogP contribution >= 0.6 is 0 Å². The molecule has 0 saturated carbocycles. The first kappa shape index (κ1) is 15.3. The number of rotatable bonds is 6. The van der Waals surface area contributed by atoms with E-state index in [9.17, 15) is 4.79 Å². The van der Waals surface area contributed by atoms with Crippen LogP contribution in [0.1, 0.15) is 37.6 Å². The number of hydrogen-bond acceptors (Lipinski definition) is 3. The molecule has 19 heavy (non-hydrogen) atoms. The minimum Gasteiger partial charge on any atom is -0.497 e. The van der Waals surface area contributed by atoms with Gasteiger partial charge in [0.25, 0.3) is 5.91 Å². The molecule has 1 N–H and O–H groups in total. The lowest BCUT2D eigenvalue weighted by molar-refractivity contribution is 0.0935. The fraction of sp³-hybridized carbons (Fsp3) is 0.533. The van der Waals surface area contributed by atoms with Crippen LogP contribution in [0.5, 0.6) is 11.5 Å². The van der Waals surface area contributed by atoms with Gasteiger partial charge in [-0.2, -0.15) is 0 Å². The van der Waals surface area contributed by atoms with Crippen LogP contribution in [0.4, 0.5) is 0 Å². The molecule has 1 atom stereocenters. The molecule has 0 aliphatic rings. The van der Waals surface area contributed by atoms with E-state index in [4.69, 9.17) is 9.47 Å². The first-order valence-electron chi connectivity index (χ1n) is 6.50. The van der Waals surface area contributed by atoms with Crippen LogP contribution in [0.15, 0.2) is 18.2 Å². The fourth-order valence-corrected chi connectivity index (χ4v) is 2.01. The number of benzene rings is 1. The van der Waals surface area contributed by atoms with E-state index in [0.717, 1.165) is 6.42 Å². The molecule has 1 rings (SSSR count). The number of methoxy groups -OCH3 is 2. The molecule has 0 saturated heterocycles. The Morgan fingerprint density at radius 3 is 2.05 bits per heavy atom. The van der Waals surface area contributed by atoms with Crippen molar-refractivity contribution < 1.29 is 14.3 Å². The lowest BCUT2D eigenvalue weighted by atomic mass is 10.0. The lowest BCUT2D eigenvalue weighted by Crippen LogP contribution is -2.33. The third kappa shape index (κ3) is 4.81. The van der Waals surface area contributed by atoms with Gasteiger partial charge in [0.2, 0.25) is 0 Å². The predicted octanol–water partition coefficient (Wildman–Crippen LogP) is 2.87. The molecule has 0 bridgehead atoms. The van der Waals surface area contributed by atoms with Gasteiger partial charge in [-0.1, -0.05) is 13.8 Å². The number of nitrogens with one attached hydrogen (secondary N) is 1. The van der Waals surface area contributed by atoms with Gasteiger partial charge in [0, 0.05) is 17.7 Å². The third-order valence-corrected chi connectivity index (χ3v) is 2.82. The van der Waals surface area contributed by atoms with E-state index in [1.807, 2.05) is 6.92 Å². The van der Waals surface area contributed by atoms with Gasteiger partial charge in [0.15, 0.2) is 0 Å². The minimum atomic E-state index is -0.106. The van der Waals surface area contributed by atoms with Crippen molar-refractivity contribution in [2.24, 2.45) is 5.92 Å². The van der Waals surface area contributed by atoms with Crippen molar-refractivity contribution in [3.05, 3.63) is 23.8 Å². The zero-order valence-electron chi connectivity index (χ0n) is 12.3. The van der Waals surface area contributed by atoms with Crippen LogP contribution in [0.2, 0.25) is 0 Å². The summed E-state index contributed by atoms with van der Waals surface area (Å²) in [5.41, 5.74) is 0.548. The number of hydrogen-bond donors (Lipinski definition) is 1. The summed E-state index contributed by atoms with van der Waals surface area (Å²) in [6, 6.07) is 5.30. The summed E-state index contributed by atoms with van der Waals surface area (Å²) >= 11 is 0. The molecule has 0 heterocycles. The third-order valence-electron chi connectivity index (χ3n) is 2.82. The standard InChI is InChI=1S/C15H23NO3/c1-10(2)6-11(3)16-15(17)12-7-13(18-4)9-14(8-12)19-5/h7-11H,6H2,1-5H3,(H,16,17)/t11-/m1/s1. The molecule has 106 valence electrons. The smallest absolute Gasteiger partial charge is 0.251 e. The second-order valence-corrected chi connectivity index (χ2v) is 5.11. The van der Waals surface area contributed by atoms with Gasteiger partial charge in [-0.15, -0.1) is 0 Å². The van der Waals surface area contributed by atoms with E-state index >= 15 is 0 Å². The molecular weight excluding hydrogens is 242 g/mol. The van der Waals surface area contributed by atoms with E-state index in [2.05, 4.69) is 19.2 Å². The number of amides is 1. The van der Waals surface area contributed by atoms with Crippen LogP contribution in [-0.2, 0) is 0 Å². The molecular formula is C15H23NO3. The number of ether oxygens (including phenoxy) is 2. The predicted molar refractivity (Wildman–Crippen MR) is 75.9 cm³/mol. The van der Waals surface area contributed by atoms with Crippen molar-refractivity contribution in [2.45, 2.75) is 33.2 Å². The molecule has 4 nitrogen and oxygen atoms in total. The average Bonchev–Trinajstić information content (AvgIpc) is 2.36. The maximum absolute atomic E-state index is 12.2. The van der Waals surface area contributed by atoms with E-state index in [0.29, 0.717) is 23.0 Å². The van der Waals surface area contributed by atoms with Crippen molar-refractivity contribution in [3.63, 3.8) is 0 Å². The van der Waals surface area contributed by atoms with Gasteiger partial charge >= 0.3 is 0 Å². The van der Waals surface area contributed by atoms with Crippen molar-refractivity contribution in [1.82, 2.24) is 5.32 Å². The van der Waals surface area contributed by atoms with Crippen molar-refractivity contribution in [3.8, 4) is 11.5 Å². The highest BCUT2D eigenvalue weighted by Gasteiger charge is 2.13. The zero-order chi connectivity index (χ0) is 14.4. The van der Waals surface area contributed by atoms with E-state index in [1.54, 1.807) is 32.4 Å². The second-order valence-electron chi connectivity index (χ2n) is 5.11. The van der Waals surface area contributed by atoms with Gasteiger partial charge in [-0.3, -0.25) is 4.79 Å². The normalized spacial score (nSPS) is 12.1. The minimum absolute atomic E-state index is 0.106. The summed E-state index contributed by atoms with van der Waals surface area (Å²) in [6.45, 7) is 6.28. The Morgan fingerprint density at radius 2 is 1.63 bits per heavy atom. The Hall–Kier alpha value is -1.71. The molecule has 0 fully saturated rings. The molecule has 1 amide bonds. The fourth-order valence-electron chi connectivity index (χ4n) is 2.01. The first-order valence-corrected chi connectivity index (χ1v) is 6.50. The Morgan fingerprint density at radius 1 is 1.11 bits per heavy atom. The Labute approximate surface area is 115 Å². The summed E-state index contributed by atoms with van der Waals surface area (Å²) in [5.74, 6) is 1.67. The highest BCUT2D eigenvalue weighted by Crippen LogP contribution is 2.22. The summed E-state index contributed by atoms with van der Waals surface area (Å²) in [7, 11) is 3.13. The van der Waals surface area contributed by atoms with Crippen LogP contribution in [0, 0.1) is 5.92 Å². The summed E-state index contributed by atoms with van der Waals surface area (Å²) < 4.78 is 10.3.